The van der Waals surface area contributed by atoms with Crippen molar-refractivity contribution in [2.24, 2.45) is 13.0 Å². The molecule has 1 amide bonds. The second kappa shape index (κ2) is 8.26. The van der Waals surface area contributed by atoms with Crippen molar-refractivity contribution in [1.29, 1.82) is 0 Å². The fourth-order valence-corrected chi connectivity index (χ4v) is 3.62. The predicted molar refractivity (Wildman–Crippen MR) is 117 cm³/mol. The number of anilines is 2. The van der Waals surface area contributed by atoms with Crippen LogP contribution in [0.2, 0.25) is 5.02 Å². The van der Waals surface area contributed by atoms with Gasteiger partial charge in [-0.2, -0.15) is 15.1 Å². The third-order valence-electron chi connectivity index (χ3n) is 4.80. The second-order valence-corrected chi connectivity index (χ2v) is 9.04. The van der Waals surface area contributed by atoms with Crippen LogP contribution in [0, 0.1) is 5.92 Å². The zero-order chi connectivity index (χ0) is 22.2. The zero-order valence-electron chi connectivity index (χ0n) is 18.0. The Balaban J connectivity index is 1.45. The number of rotatable bonds is 5. The molecule has 3 aromatic rings. The average Bonchev–Trinajstić information content (AvgIpc) is 3.40. The SMILES string of the molecule is Cn1cc(Nc2nc(OCC3CCN(C(=O)OC(C)(C)C)C3)c3c(Cl)c[nH]c3n2)cn1. The fraction of sp³-hybridized carbons (Fsp3) is 0.500. The van der Waals surface area contributed by atoms with Crippen LogP contribution in [0.4, 0.5) is 16.4 Å². The monoisotopic (exact) mass is 447 g/mol. The Labute approximate surface area is 184 Å². The van der Waals surface area contributed by atoms with E-state index in [-0.39, 0.29) is 12.0 Å². The third-order valence-corrected chi connectivity index (χ3v) is 5.10. The lowest BCUT2D eigenvalue weighted by atomic mass is 10.1. The molecule has 1 saturated heterocycles. The molecule has 0 aliphatic carbocycles. The van der Waals surface area contributed by atoms with Crippen LogP contribution >= 0.6 is 11.6 Å². The van der Waals surface area contributed by atoms with Crippen molar-refractivity contribution in [2.45, 2.75) is 32.8 Å². The van der Waals surface area contributed by atoms with E-state index in [1.165, 1.54) is 0 Å². The lowest BCUT2D eigenvalue weighted by Crippen LogP contribution is -2.35. The van der Waals surface area contributed by atoms with Gasteiger partial charge in [-0.3, -0.25) is 4.68 Å². The first kappa shape index (κ1) is 21.2. The quantitative estimate of drug-likeness (QED) is 0.613. The summed E-state index contributed by atoms with van der Waals surface area (Å²) in [6, 6.07) is 0. The van der Waals surface area contributed by atoms with Crippen molar-refractivity contribution in [1.82, 2.24) is 29.6 Å². The molecule has 0 bridgehead atoms. The van der Waals surface area contributed by atoms with E-state index in [4.69, 9.17) is 21.1 Å². The molecule has 166 valence electrons. The number of carbonyl (C=O) groups excluding carboxylic acids is 1. The van der Waals surface area contributed by atoms with Gasteiger partial charge in [0.05, 0.1) is 28.9 Å². The van der Waals surface area contributed by atoms with Crippen LogP contribution in [0.1, 0.15) is 27.2 Å². The van der Waals surface area contributed by atoms with Crippen LogP contribution in [0.3, 0.4) is 0 Å². The fourth-order valence-electron chi connectivity index (χ4n) is 3.40. The molecule has 10 nitrogen and oxygen atoms in total. The number of nitrogens with zero attached hydrogens (tertiary/aromatic N) is 5. The normalized spacial score (nSPS) is 16.7. The van der Waals surface area contributed by atoms with Crippen LogP contribution in [-0.2, 0) is 11.8 Å². The smallest absolute Gasteiger partial charge is 0.410 e. The Morgan fingerprint density at radius 2 is 2.19 bits per heavy atom. The zero-order valence-corrected chi connectivity index (χ0v) is 18.7. The van der Waals surface area contributed by atoms with Crippen molar-refractivity contribution in [2.75, 3.05) is 25.0 Å². The van der Waals surface area contributed by atoms with Gasteiger partial charge in [0.25, 0.3) is 0 Å². The molecule has 1 aliphatic heterocycles. The third kappa shape index (κ3) is 5.01. The summed E-state index contributed by atoms with van der Waals surface area (Å²) in [5.41, 5.74) is 0.818. The van der Waals surface area contributed by atoms with Gasteiger partial charge in [0.1, 0.15) is 11.2 Å². The maximum absolute atomic E-state index is 12.3. The number of hydrogen-bond acceptors (Lipinski definition) is 7. The van der Waals surface area contributed by atoms with Gasteiger partial charge < -0.3 is 24.7 Å². The van der Waals surface area contributed by atoms with Gasteiger partial charge in [0.15, 0.2) is 0 Å². The molecular weight excluding hydrogens is 422 g/mol. The Morgan fingerprint density at radius 3 is 2.90 bits per heavy atom. The number of fused-ring (bicyclic) bond motifs is 1. The largest absolute Gasteiger partial charge is 0.477 e. The van der Waals surface area contributed by atoms with Crippen molar-refractivity contribution in [3.63, 3.8) is 0 Å². The number of likely N-dealkylation sites (tertiary alicyclic amines) is 1. The Kier molecular flexibility index (Phi) is 5.65. The summed E-state index contributed by atoms with van der Waals surface area (Å²) in [6.07, 6.45) is 5.69. The topological polar surface area (TPSA) is 110 Å². The summed E-state index contributed by atoms with van der Waals surface area (Å²) < 4.78 is 13.2. The minimum atomic E-state index is -0.513. The Bertz CT molecular complexity index is 1090. The number of hydrogen-bond donors (Lipinski definition) is 2. The molecule has 1 fully saturated rings. The van der Waals surface area contributed by atoms with Crippen molar-refractivity contribution >= 4 is 40.4 Å². The molecule has 0 aromatic carbocycles. The number of nitrogens with one attached hydrogen (secondary N) is 2. The lowest BCUT2D eigenvalue weighted by Gasteiger charge is -2.24. The highest BCUT2D eigenvalue weighted by Crippen LogP contribution is 2.32. The van der Waals surface area contributed by atoms with Crippen LogP contribution in [0.5, 0.6) is 5.88 Å². The summed E-state index contributed by atoms with van der Waals surface area (Å²) in [6.45, 7) is 7.20. The maximum Gasteiger partial charge on any atom is 0.410 e. The van der Waals surface area contributed by atoms with Gasteiger partial charge in [-0.1, -0.05) is 11.6 Å². The van der Waals surface area contributed by atoms with Crippen LogP contribution in [0.25, 0.3) is 11.0 Å². The molecule has 2 N–H and O–H groups in total. The van der Waals surface area contributed by atoms with E-state index in [1.807, 2.05) is 34.0 Å². The number of aromatic amines is 1. The number of ether oxygens (including phenoxy) is 2. The summed E-state index contributed by atoms with van der Waals surface area (Å²) in [5, 5.41) is 8.36. The first-order valence-corrected chi connectivity index (χ1v) is 10.5. The first-order valence-electron chi connectivity index (χ1n) is 10.1. The molecule has 31 heavy (non-hydrogen) atoms. The van der Waals surface area contributed by atoms with E-state index < -0.39 is 5.60 Å². The minimum Gasteiger partial charge on any atom is -0.477 e. The second-order valence-electron chi connectivity index (χ2n) is 8.63. The number of halogens is 1. The molecule has 1 atom stereocenters. The molecular formula is C20H26ClN7O3. The summed E-state index contributed by atoms with van der Waals surface area (Å²) in [7, 11) is 1.83. The van der Waals surface area contributed by atoms with Gasteiger partial charge in [-0.05, 0) is 27.2 Å². The maximum atomic E-state index is 12.3. The average molecular weight is 448 g/mol. The number of amides is 1. The van der Waals surface area contributed by atoms with Gasteiger partial charge in [0, 0.05) is 38.4 Å². The molecule has 11 heteroatoms. The van der Waals surface area contributed by atoms with E-state index in [0.717, 1.165) is 12.1 Å². The number of aryl methyl sites for hydroxylation is 1. The molecule has 0 saturated carbocycles. The Hall–Kier alpha value is -3.01. The summed E-state index contributed by atoms with van der Waals surface area (Å²) >= 11 is 6.32. The van der Waals surface area contributed by atoms with Crippen molar-refractivity contribution < 1.29 is 14.3 Å². The molecule has 0 spiro atoms. The first-order chi connectivity index (χ1) is 14.7. The van der Waals surface area contributed by atoms with Crippen LogP contribution < -0.4 is 10.1 Å². The highest BCUT2D eigenvalue weighted by Gasteiger charge is 2.30. The van der Waals surface area contributed by atoms with E-state index >= 15 is 0 Å². The van der Waals surface area contributed by atoms with Crippen molar-refractivity contribution in [3.8, 4) is 5.88 Å². The molecule has 1 aliphatic rings. The lowest BCUT2D eigenvalue weighted by molar-refractivity contribution is 0.0284. The minimum absolute atomic E-state index is 0.171. The van der Waals surface area contributed by atoms with Crippen LogP contribution in [-0.4, -0.2) is 61.0 Å². The van der Waals surface area contributed by atoms with E-state index in [1.54, 1.807) is 22.0 Å². The highest BCUT2D eigenvalue weighted by atomic mass is 35.5. The van der Waals surface area contributed by atoms with E-state index in [0.29, 0.717) is 47.6 Å². The Morgan fingerprint density at radius 1 is 1.39 bits per heavy atom. The van der Waals surface area contributed by atoms with Gasteiger partial charge in [0.2, 0.25) is 11.8 Å². The van der Waals surface area contributed by atoms with E-state index in [2.05, 4.69) is 25.4 Å². The predicted octanol–water partition coefficient (Wildman–Crippen LogP) is 3.72. The van der Waals surface area contributed by atoms with E-state index in [9.17, 15) is 4.79 Å². The number of H-pyrrole nitrogens is 1. The summed E-state index contributed by atoms with van der Waals surface area (Å²) in [5.74, 6) is 0.930. The number of aromatic nitrogens is 5. The van der Waals surface area contributed by atoms with Gasteiger partial charge >= 0.3 is 6.09 Å². The van der Waals surface area contributed by atoms with Crippen molar-refractivity contribution in [3.05, 3.63) is 23.6 Å². The standard InChI is InChI=1S/C20H26ClN7O3/c1-20(2,3)31-19(29)28-6-5-12(9-28)11-30-17-15-14(21)8-22-16(15)25-18(26-17)24-13-7-23-27(4)10-13/h7-8,10,12H,5-6,9,11H2,1-4H3,(H2,22,24,25,26). The molecule has 0 radical (unpaired) electrons. The number of carbonyl (C=O) groups is 1. The molecule has 4 rings (SSSR count). The van der Waals surface area contributed by atoms with Crippen LogP contribution in [0.15, 0.2) is 18.6 Å². The summed E-state index contributed by atoms with van der Waals surface area (Å²) in [4.78, 5) is 26.0. The van der Waals surface area contributed by atoms with Gasteiger partial charge in [-0.15, -0.1) is 0 Å². The highest BCUT2D eigenvalue weighted by molar-refractivity contribution is 6.35. The molecule has 1 unspecified atom stereocenters. The van der Waals surface area contributed by atoms with Gasteiger partial charge in [-0.25, -0.2) is 4.79 Å². The molecule has 4 heterocycles. The molecule has 3 aromatic heterocycles.